The van der Waals surface area contributed by atoms with Crippen LogP contribution in [0, 0.1) is 0 Å². The van der Waals surface area contributed by atoms with Gasteiger partial charge in [-0.1, -0.05) is 41.9 Å². The van der Waals surface area contributed by atoms with E-state index in [1.165, 1.54) is 11.3 Å². The van der Waals surface area contributed by atoms with Crippen molar-refractivity contribution in [3.05, 3.63) is 63.8 Å². The van der Waals surface area contributed by atoms with Crippen molar-refractivity contribution in [3.63, 3.8) is 0 Å². The molecular weight excluding hydrogens is 344 g/mol. The van der Waals surface area contributed by atoms with E-state index in [-0.39, 0.29) is 12.5 Å². The third-order valence-corrected chi connectivity index (χ3v) is 4.71. The van der Waals surface area contributed by atoms with Gasteiger partial charge in [-0.05, 0) is 42.0 Å². The zero-order valence-corrected chi connectivity index (χ0v) is 14.5. The fraction of sp³-hybridized carbons (Fsp3) is 0.111. The third-order valence-electron chi connectivity index (χ3n) is 3.37. The van der Waals surface area contributed by atoms with Gasteiger partial charge in [0.25, 0.3) is 5.91 Å². The minimum absolute atomic E-state index is 0.0969. The van der Waals surface area contributed by atoms with Crippen molar-refractivity contribution < 1.29 is 9.53 Å². The van der Waals surface area contributed by atoms with Crippen LogP contribution in [0.4, 0.5) is 0 Å². The molecule has 1 N–H and O–H groups in total. The average Bonchev–Trinajstić information content (AvgIpc) is 3.04. The molecule has 0 unspecified atom stereocenters. The molecule has 0 bridgehead atoms. The van der Waals surface area contributed by atoms with Gasteiger partial charge >= 0.3 is 0 Å². The zero-order valence-electron chi connectivity index (χ0n) is 13.0. The Morgan fingerprint density at radius 2 is 1.96 bits per heavy atom. The molecule has 0 spiro atoms. The molecular formula is C18H15ClN2O2S. The summed E-state index contributed by atoms with van der Waals surface area (Å²) in [5.41, 5.74) is 3.19. The van der Waals surface area contributed by atoms with Crippen molar-refractivity contribution in [1.82, 2.24) is 5.43 Å². The van der Waals surface area contributed by atoms with Crippen LogP contribution in [0.25, 0.3) is 10.8 Å². The van der Waals surface area contributed by atoms with E-state index < -0.39 is 0 Å². The highest BCUT2D eigenvalue weighted by molar-refractivity contribution is 7.18. The first-order valence-electron chi connectivity index (χ1n) is 7.32. The summed E-state index contributed by atoms with van der Waals surface area (Å²) in [5, 5.41) is 6.26. The molecule has 0 saturated heterocycles. The Kier molecular flexibility index (Phi) is 5.13. The number of nitrogens with zero attached hydrogens (tertiary/aromatic N) is 1. The Morgan fingerprint density at radius 3 is 2.71 bits per heavy atom. The topological polar surface area (TPSA) is 50.7 Å². The largest absolute Gasteiger partial charge is 0.484 e. The van der Waals surface area contributed by atoms with Crippen molar-refractivity contribution in [2.45, 2.75) is 6.92 Å². The molecule has 4 nitrogen and oxygen atoms in total. The smallest absolute Gasteiger partial charge is 0.277 e. The number of thiophene rings is 1. The molecule has 1 heterocycles. The monoisotopic (exact) mass is 358 g/mol. The number of carbonyl (C=O) groups excluding carboxylic acids is 1. The van der Waals surface area contributed by atoms with E-state index in [9.17, 15) is 4.79 Å². The van der Waals surface area contributed by atoms with Crippen molar-refractivity contribution in [2.24, 2.45) is 5.10 Å². The number of benzene rings is 2. The fourth-order valence-electron chi connectivity index (χ4n) is 2.15. The van der Waals surface area contributed by atoms with Gasteiger partial charge in [-0.25, -0.2) is 5.43 Å². The summed E-state index contributed by atoms with van der Waals surface area (Å²) in [7, 11) is 0. The summed E-state index contributed by atoms with van der Waals surface area (Å²) in [6.07, 6.45) is 0. The highest BCUT2D eigenvalue weighted by Crippen LogP contribution is 2.22. The van der Waals surface area contributed by atoms with Gasteiger partial charge in [0, 0.05) is 0 Å². The second-order valence-corrected chi connectivity index (χ2v) is 6.85. The van der Waals surface area contributed by atoms with E-state index >= 15 is 0 Å². The third kappa shape index (κ3) is 4.13. The van der Waals surface area contributed by atoms with Crippen molar-refractivity contribution in [1.29, 1.82) is 0 Å². The fourth-order valence-corrected chi connectivity index (χ4v) is 3.14. The molecule has 0 aliphatic heterocycles. The lowest BCUT2D eigenvalue weighted by molar-refractivity contribution is -0.123. The van der Waals surface area contributed by atoms with E-state index in [0.29, 0.717) is 15.8 Å². The quantitative estimate of drug-likeness (QED) is 0.540. The van der Waals surface area contributed by atoms with Gasteiger partial charge in [-0.3, -0.25) is 4.79 Å². The first kappa shape index (κ1) is 16.5. The number of hydrogen-bond acceptors (Lipinski definition) is 4. The van der Waals surface area contributed by atoms with Gasteiger partial charge in [0.2, 0.25) is 0 Å². The first-order chi connectivity index (χ1) is 11.6. The van der Waals surface area contributed by atoms with Crippen LogP contribution in [-0.2, 0) is 4.79 Å². The molecule has 0 saturated carbocycles. The zero-order chi connectivity index (χ0) is 16.9. The average molecular weight is 359 g/mol. The molecule has 2 aromatic carbocycles. The second kappa shape index (κ2) is 7.47. The number of carbonyl (C=O) groups is 1. The molecule has 24 heavy (non-hydrogen) atoms. The molecule has 3 aromatic rings. The van der Waals surface area contributed by atoms with Gasteiger partial charge in [-0.15, -0.1) is 11.3 Å². The molecule has 0 atom stereocenters. The Bertz CT molecular complexity index is 905. The van der Waals surface area contributed by atoms with Crippen molar-refractivity contribution in [3.8, 4) is 5.75 Å². The number of nitrogens with one attached hydrogen (secondary N) is 1. The van der Waals surface area contributed by atoms with Crippen LogP contribution >= 0.6 is 22.9 Å². The first-order valence-corrected chi connectivity index (χ1v) is 8.52. The van der Waals surface area contributed by atoms with Crippen LogP contribution in [0.1, 0.15) is 11.8 Å². The number of hydrazone groups is 1. The van der Waals surface area contributed by atoms with Crippen LogP contribution in [0.2, 0.25) is 4.34 Å². The number of halogens is 1. The number of hydrogen-bond donors (Lipinski definition) is 1. The van der Waals surface area contributed by atoms with E-state index in [1.807, 2.05) is 55.5 Å². The minimum Gasteiger partial charge on any atom is -0.484 e. The minimum atomic E-state index is -0.315. The Hall–Kier alpha value is -2.37. The maximum Gasteiger partial charge on any atom is 0.277 e. The number of ether oxygens (including phenoxy) is 1. The lowest BCUT2D eigenvalue weighted by Crippen LogP contribution is -2.25. The predicted octanol–water partition coefficient (Wildman–Crippen LogP) is 4.47. The predicted molar refractivity (Wildman–Crippen MR) is 99.1 cm³/mol. The lowest BCUT2D eigenvalue weighted by Gasteiger charge is -2.06. The molecule has 6 heteroatoms. The number of rotatable bonds is 5. The molecule has 122 valence electrons. The Morgan fingerprint density at radius 1 is 1.17 bits per heavy atom. The van der Waals surface area contributed by atoms with Crippen LogP contribution in [0.15, 0.2) is 59.7 Å². The van der Waals surface area contributed by atoms with Crippen LogP contribution in [-0.4, -0.2) is 18.2 Å². The Balaban J connectivity index is 1.56. The standard InChI is InChI=1S/C18H15ClN2O2S/c1-12(16-8-9-17(19)24-16)20-21-18(22)11-23-15-7-6-13-4-2-3-5-14(13)10-15/h2-10H,11H2,1H3,(H,21,22). The van der Waals surface area contributed by atoms with Crippen molar-refractivity contribution in [2.75, 3.05) is 6.61 Å². The number of fused-ring (bicyclic) bond motifs is 1. The summed E-state index contributed by atoms with van der Waals surface area (Å²) in [6.45, 7) is 1.72. The lowest BCUT2D eigenvalue weighted by atomic mass is 10.1. The molecule has 1 amide bonds. The normalized spacial score (nSPS) is 11.5. The second-order valence-electron chi connectivity index (χ2n) is 5.13. The van der Waals surface area contributed by atoms with Gasteiger partial charge < -0.3 is 4.74 Å². The molecule has 0 aliphatic rings. The summed E-state index contributed by atoms with van der Waals surface area (Å²) in [5.74, 6) is 0.333. The maximum absolute atomic E-state index is 11.9. The van der Waals surface area contributed by atoms with Gasteiger partial charge in [0.05, 0.1) is 14.9 Å². The molecule has 1 aromatic heterocycles. The van der Waals surface area contributed by atoms with Crippen LogP contribution in [0.3, 0.4) is 0 Å². The summed E-state index contributed by atoms with van der Waals surface area (Å²) >= 11 is 7.29. The van der Waals surface area contributed by atoms with Crippen molar-refractivity contribution >= 4 is 45.3 Å². The maximum atomic E-state index is 11.9. The highest BCUT2D eigenvalue weighted by atomic mass is 35.5. The van der Waals surface area contributed by atoms with Gasteiger partial charge in [0.15, 0.2) is 6.61 Å². The summed E-state index contributed by atoms with van der Waals surface area (Å²) in [4.78, 5) is 12.8. The van der Waals surface area contributed by atoms with Gasteiger partial charge in [-0.2, -0.15) is 5.10 Å². The highest BCUT2D eigenvalue weighted by Gasteiger charge is 2.05. The van der Waals surface area contributed by atoms with E-state index in [1.54, 1.807) is 6.07 Å². The summed E-state index contributed by atoms with van der Waals surface area (Å²) < 4.78 is 6.20. The van der Waals surface area contributed by atoms with Crippen LogP contribution < -0.4 is 10.2 Å². The van der Waals surface area contributed by atoms with E-state index in [0.717, 1.165) is 15.6 Å². The van der Waals surface area contributed by atoms with E-state index in [2.05, 4.69) is 10.5 Å². The Labute approximate surface area is 148 Å². The van der Waals surface area contributed by atoms with Crippen LogP contribution in [0.5, 0.6) is 5.75 Å². The number of amides is 1. The van der Waals surface area contributed by atoms with Gasteiger partial charge in [0.1, 0.15) is 5.75 Å². The molecule has 0 radical (unpaired) electrons. The van der Waals surface area contributed by atoms with E-state index in [4.69, 9.17) is 16.3 Å². The molecule has 3 rings (SSSR count). The summed E-state index contributed by atoms with van der Waals surface area (Å²) in [6, 6.07) is 17.4. The SMILES string of the molecule is CC(=NNC(=O)COc1ccc2ccccc2c1)c1ccc(Cl)s1. The molecule has 0 aliphatic carbocycles. The molecule has 0 fully saturated rings.